The van der Waals surface area contributed by atoms with Crippen molar-refractivity contribution in [1.29, 1.82) is 0 Å². The number of furan rings is 1. The Hall–Kier alpha value is -2.35. The van der Waals surface area contributed by atoms with E-state index in [4.69, 9.17) is 26.5 Å². The largest absolute Gasteiger partial charge is 0.459 e. The van der Waals surface area contributed by atoms with Crippen molar-refractivity contribution in [3.05, 3.63) is 47.4 Å². The number of amides is 2. The van der Waals surface area contributed by atoms with Gasteiger partial charge in [0.05, 0.1) is 22.4 Å². The number of carbonyl (C=O) groups excluding carboxylic acids is 2. The van der Waals surface area contributed by atoms with Crippen LogP contribution in [0.5, 0.6) is 0 Å². The molecule has 1 aromatic heterocycles. The molecule has 2 heterocycles. The van der Waals surface area contributed by atoms with E-state index in [-0.39, 0.29) is 18.2 Å². The first kappa shape index (κ1) is 18.4. The van der Waals surface area contributed by atoms with Crippen molar-refractivity contribution in [3.8, 4) is 0 Å². The summed E-state index contributed by atoms with van der Waals surface area (Å²) in [6, 6.07) is 8.06. The molecule has 8 heteroatoms. The SMILES string of the molecule is NCC1(C(=O)Nc2ccc(NC(=O)c3ccco3)c(Cl)c2)CCOCC1. The van der Waals surface area contributed by atoms with E-state index in [2.05, 4.69) is 10.6 Å². The van der Waals surface area contributed by atoms with E-state index in [1.54, 1.807) is 30.3 Å². The maximum absolute atomic E-state index is 12.7. The van der Waals surface area contributed by atoms with Gasteiger partial charge in [0.2, 0.25) is 5.91 Å². The Morgan fingerprint density at radius 3 is 2.58 bits per heavy atom. The third-order valence-electron chi connectivity index (χ3n) is 4.54. The number of anilines is 2. The molecule has 4 N–H and O–H groups in total. The van der Waals surface area contributed by atoms with Crippen molar-refractivity contribution in [1.82, 2.24) is 0 Å². The summed E-state index contributed by atoms with van der Waals surface area (Å²) >= 11 is 6.23. The summed E-state index contributed by atoms with van der Waals surface area (Å²) in [6.45, 7) is 1.29. The second kappa shape index (κ2) is 7.90. The van der Waals surface area contributed by atoms with Crippen molar-refractivity contribution in [2.45, 2.75) is 12.8 Å². The number of carbonyl (C=O) groups is 2. The van der Waals surface area contributed by atoms with Gasteiger partial charge in [-0.05, 0) is 43.2 Å². The summed E-state index contributed by atoms with van der Waals surface area (Å²) in [6.07, 6.45) is 2.58. The molecule has 0 atom stereocenters. The fourth-order valence-corrected chi connectivity index (χ4v) is 3.06. The molecule has 0 radical (unpaired) electrons. The van der Waals surface area contributed by atoms with Crippen LogP contribution in [0.4, 0.5) is 11.4 Å². The molecular formula is C18H20ClN3O4. The third kappa shape index (κ3) is 3.90. The molecule has 138 valence electrons. The molecule has 26 heavy (non-hydrogen) atoms. The summed E-state index contributed by atoms with van der Waals surface area (Å²) in [5, 5.41) is 5.83. The average Bonchev–Trinajstić information content (AvgIpc) is 3.19. The molecule has 0 bridgehead atoms. The molecule has 1 fully saturated rings. The van der Waals surface area contributed by atoms with E-state index < -0.39 is 11.3 Å². The van der Waals surface area contributed by atoms with Gasteiger partial charge in [-0.25, -0.2) is 0 Å². The van der Waals surface area contributed by atoms with Crippen molar-refractivity contribution >= 4 is 34.8 Å². The van der Waals surface area contributed by atoms with Gasteiger partial charge >= 0.3 is 0 Å². The van der Waals surface area contributed by atoms with Crippen LogP contribution in [0, 0.1) is 5.41 Å². The summed E-state index contributed by atoms with van der Waals surface area (Å²) in [5.74, 6) is -0.368. The van der Waals surface area contributed by atoms with Crippen molar-refractivity contribution in [2.24, 2.45) is 11.1 Å². The molecule has 2 aromatic rings. The van der Waals surface area contributed by atoms with Gasteiger partial charge in [0, 0.05) is 25.4 Å². The second-order valence-corrected chi connectivity index (χ2v) is 6.58. The van der Waals surface area contributed by atoms with E-state index >= 15 is 0 Å². The molecule has 7 nitrogen and oxygen atoms in total. The molecular weight excluding hydrogens is 358 g/mol. The zero-order valence-electron chi connectivity index (χ0n) is 14.1. The van der Waals surface area contributed by atoms with Crippen LogP contribution in [0.1, 0.15) is 23.4 Å². The predicted octanol–water partition coefficient (Wildman–Crippen LogP) is 2.88. The van der Waals surface area contributed by atoms with Crippen LogP contribution in [-0.2, 0) is 9.53 Å². The monoisotopic (exact) mass is 377 g/mol. The highest BCUT2D eigenvalue weighted by molar-refractivity contribution is 6.34. The van der Waals surface area contributed by atoms with Crippen LogP contribution in [0.25, 0.3) is 0 Å². The van der Waals surface area contributed by atoms with Gasteiger partial charge in [0.15, 0.2) is 5.76 Å². The van der Waals surface area contributed by atoms with Gasteiger partial charge in [0.1, 0.15) is 0 Å². The maximum atomic E-state index is 12.7. The molecule has 0 aliphatic carbocycles. The molecule has 0 unspecified atom stereocenters. The quantitative estimate of drug-likeness (QED) is 0.742. The fourth-order valence-electron chi connectivity index (χ4n) is 2.84. The van der Waals surface area contributed by atoms with Gasteiger partial charge in [-0.3, -0.25) is 9.59 Å². The molecule has 1 aromatic carbocycles. The van der Waals surface area contributed by atoms with E-state index in [1.165, 1.54) is 6.26 Å². The van der Waals surface area contributed by atoms with Crippen LogP contribution in [0.2, 0.25) is 5.02 Å². The Balaban J connectivity index is 1.69. The van der Waals surface area contributed by atoms with E-state index in [9.17, 15) is 9.59 Å². The first-order valence-electron chi connectivity index (χ1n) is 8.28. The number of hydrogen-bond acceptors (Lipinski definition) is 5. The highest BCUT2D eigenvalue weighted by Gasteiger charge is 2.38. The summed E-state index contributed by atoms with van der Waals surface area (Å²) in [5.41, 5.74) is 6.18. The third-order valence-corrected chi connectivity index (χ3v) is 4.86. The Bertz CT molecular complexity index is 786. The normalized spacial score (nSPS) is 16.1. The van der Waals surface area contributed by atoms with E-state index in [0.717, 1.165) is 0 Å². The van der Waals surface area contributed by atoms with Gasteiger partial charge in [-0.1, -0.05) is 11.6 Å². The first-order chi connectivity index (χ1) is 12.5. The fraction of sp³-hybridized carbons (Fsp3) is 0.333. The van der Waals surface area contributed by atoms with Gasteiger partial charge < -0.3 is 25.5 Å². The lowest BCUT2D eigenvalue weighted by Gasteiger charge is -2.34. The molecule has 0 saturated carbocycles. The highest BCUT2D eigenvalue weighted by atomic mass is 35.5. The molecule has 1 saturated heterocycles. The van der Waals surface area contributed by atoms with Gasteiger partial charge in [-0.2, -0.15) is 0 Å². The lowest BCUT2D eigenvalue weighted by Crippen LogP contribution is -2.46. The molecule has 1 aliphatic heterocycles. The van der Waals surface area contributed by atoms with Gasteiger partial charge in [-0.15, -0.1) is 0 Å². The molecule has 2 amide bonds. The summed E-state index contributed by atoms with van der Waals surface area (Å²) in [7, 11) is 0. The number of nitrogens with two attached hydrogens (primary N) is 1. The minimum Gasteiger partial charge on any atom is -0.459 e. The van der Waals surface area contributed by atoms with Crippen molar-refractivity contribution < 1.29 is 18.7 Å². The Morgan fingerprint density at radius 1 is 1.19 bits per heavy atom. The lowest BCUT2D eigenvalue weighted by atomic mass is 9.79. The number of nitrogens with one attached hydrogen (secondary N) is 2. The Morgan fingerprint density at radius 2 is 1.96 bits per heavy atom. The number of benzene rings is 1. The van der Waals surface area contributed by atoms with Crippen molar-refractivity contribution in [2.75, 3.05) is 30.4 Å². The Kier molecular flexibility index (Phi) is 5.61. The van der Waals surface area contributed by atoms with Crippen molar-refractivity contribution in [3.63, 3.8) is 0 Å². The van der Waals surface area contributed by atoms with Crippen LogP contribution < -0.4 is 16.4 Å². The first-order valence-corrected chi connectivity index (χ1v) is 8.65. The van der Waals surface area contributed by atoms with Gasteiger partial charge in [0.25, 0.3) is 5.91 Å². The van der Waals surface area contributed by atoms with Crippen LogP contribution in [-0.4, -0.2) is 31.6 Å². The van der Waals surface area contributed by atoms with Crippen LogP contribution in [0.3, 0.4) is 0 Å². The number of rotatable bonds is 5. The minimum absolute atomic E-state index is 0.147. The summed E-state index contributed by atoms with van der Waals surface area (Å²) in [4.78, 5) is 24.7. The van der Waals surface area contributed by atoms with E-state index in [1.807, 2.05) is 0 Å². The standard InChI is InChI=1S/C18H20ClN3O4/c19-13-10-12(21-17(24)18(11-20)5-8-25-9-6-18)3-4-14(13)22-16(23)15-2-1-7-26-15/h1-4,7,10H,5-6,8-9,11,20H2,(H,21,24)(H,22,23). The zero-order valence-corrected chi connectivity index (χ0v) is 14.8. The second-order valence-electron chi connectivity index (χ2n) is 6.18. The molecule has 0 spiro atoms. The number of halogens is 1. The van der Waals surface area contributed by atoms with Crippen LogP contribution >= 0.6 is 11.6 Å². The lowest BCUT2D eigenvalue weighted by molar-refractivity contribution is -0.130. The smallest absolute Gasteiger partial charge is 0.291 e. The molecule has 3 rings (SSSR count). The predicted molar refractivity (Wildman–Crippen MR) is 98.3 cm³/mol. The maximum Gasteiger partial charge on any atom is 0.291 e. The topological polar surface area (TPSA) is 107 Å². The van der Waals surface area contributed by atoms with Crippen LogP contribution in [0.15, 0.2) is 41.0 Å². The molecule has 1 aliphatic rings. The number of ether oxygens (including phenoxy) is 1. The average molecular weight is 378 g/mol. The zero-order chi connectivity index (χ0) is 18.6. The Labute approximate surface area is 155 Å². The summed E-state index contributed by atoms with van der Waals surface area (Å²) < 4.78 is 10.4. The number of hydrogen-bond donors (Lipinski definition) is 3. The van der Waals surface area contributed by atoms with E-state index in [0.29, 0.717) is 42.5 Å². The highest BCUT2D eigenvalue weighted by Crippen LogP contribution is 2.32. The minimum atomic E-state index is -0.628.